The largest absolute Gasteiger partial charge is 0.384 e. The maximum absolute atomic E-state index is 12.1. The van der Waals surface area contributed by atoms with Gasteiger partial charge >= 0.3 is 0 Å². The van der Waals surface area contributed by atoms with Crippen LogP contribution in [0.15, 0.2) is 12.1 Å². The maximum Gasteiger partial charge on any atom is 0.251 e. The minimum atomic E-state index is -0.0374. The second kappa shape index (κ2) is 7.27. The molecule has 0 aromatic carbocycles. The summed E-state index contributed by atoms with van der Waals surface area (Å²) in [4.78, 5) is 16.3. The third-order valence-electron chi connectivity index (χ3n) is 4.09. The molecule has 4 heteroatoms. The first-order chi connectivity index (χ1) is 9.69. The molecule has 0 atom stereocenters. The lowest BCUT2D eigenvalue weighted by Gasteiger charge is -2.21. The Morgan fingerprint density at radius 3 is 2.80 bits per heavy atom. The number of hydrogen-bond acceptors (Lipinski definition) is 3. The molecule has 0 aliphatic heterocycles. The predicted octanol–water partition coefficient (Wildman–Crippen LogP) is 2.93. The van der Waals surface area contributed by atoms with Crippen molar-refractivity contribution in [3.05, 3.63) is 23.4 Å². The molecule has 1 aromatic rings. The molecular weight excluding hydrogens is 250 g/mol. The predicted molar refractivity (Wildman–Crippen MR) is 81.6 cm³/mol. The molecule has 1 amide bonds. The number of carbonyl (C=O) groups is 1. The highest BCUT2D eigenvalue weighted by atomic mass is 16.1. The molecular formula is C16H25N3O. The number of hydrogen-bond donors (Lipinski definition) is 2. The first kappa shape index (κ1) is 14.8. The average molecular weight is 275 g/mol. The van der Waals surface area contributed by atoms with E-state index in [1.165, 1.54) is 32.1 Å². The normalized spacial score (nSPS) is 16.1. The Bertz CT molecular complexity index is 453. The molecule has 3 N–H and O–H groups in total. The van der Waals surface area contributed by atoms with Crippen molar-refractivity contribution in [1.82, 2.24) is 10.3 Å². The number of anilines is 1. The third kappa shape index (κ3) is 4.22. The summed E-state index contributed by atoms with van der Waals surface area (Å²) in [7, 11) is 0. The second-order valence-corrected chi connectivity index (χ2v) is 5.67. The van der Waals surface area contributed by atoms with Crippen LogP contribution in [-0.4, -0.2) is 17.4 Å². The number of aryl methyl sites for hydroxylation is 1. The minimum absolute atomic E-state index is 0.0374. The number of nitrogens with zero attached hydrogens (tertiary/aromatic N) is 1. The number of carbonyl (C=O) groups excluding carboxylic acids is 1. The van der Waals surface area contributed by atoms with E-state index in [1.807, 2.05) is 13.0 Å². The van der Waals surface area contributed by atoms with Gasteiger partial charge in [0.15, 0.2) is 0 Å². The monoisotopic (exact) mass is 275 g/mol. The van der Waals surface area contributed by atoms with E-state index >= 15 is 0 Å². The molecule has 110 valence electrons. The topological polar surface area (TPSA) is 68.0 Å². The van der Waals surface area contributed by atoms with Crippen molar-refractivity contribution in [1.29, 1.82) is 0 Å². The standard InChI is InChI=1S/C16H25N3O/c1-2-14-10-13(11-15(17)19-14)16(20)18-9-8-12-6-4-3-5-7-12/h10-12H,2-9H2,1H3,(H2,17,19)(H,18,20). The number of nitrogens with two attached hydrogens (primary N) is 1. The maximum atomic E-state index is 12.1. The molecule has 1 aliphatic carbocycles. The van der Waals surface area contributed by atoms with Crippen molar-refractivity contribution < 1.29 is 4.79 Å². The van der Waals surface area contributed by atoms with Crippen LogP contribution in [0.25, 0.3) is 0 Å². The first-order valence-electron chi connectivity index (χ1n) is 7.73. The SMILES string of the molecule is CCc1cc(C(=O)NCCC2CCCCC2)cc(N)n1. The first-order valence-corrected chi connectivity index (χ1v) is 7.73. The molecule has 0 bridgehead atoms. The molecule has 1 aliphatic rings. The fourth-order valence-corrected chi connectivity index (χ4v) is 2.89. The molecule has 4 nitrogen and oxygen atoms in total. The number of nitrogens with one attached hydrogen (secondary N) is 1. The Hall–Kier alpha value is -1.58. The molecule has 1 saturated carbocycles. The Balaban J connectivity index is 1.83. The van der Waals surface area contributed by atoms with Gasteiger partial charge in [-0.15, -0.1) is 0 Å². The number of aromatic nitrogens is 1. The quantitative estimate of drug-likeness (QED) is 0.868. The smallest absolute Gasteiger partial charge is 0.251 e. The summed E-state index contributed by atoms with van der Waals surface area (Å²) in [5, 5.41) is 3.00. The zero-order valence-electron chi connectivity index (χ0n) is 12.3. The fourth-order valence-electron chi connectivity index (χ4n) is 2.89. The molecule has 0 saturated heterocycles. The molecule has 1 heterocycles. The lowest BCUT2D eigenvalue weighted by molar-refractivity contribution is 0.0950. The Morgan fingerprint density at radius 1 is 1.35 bits per heavy atom. The molecule has 0 radical (unpaired) electrons. The van der Waals surface area contributed by atoms with Gasteiger partial charge in [-0.2, -0.15) is 0 Å². The van der Waals surface area contributed by atoms with Gasteiger partial charge in [-0.3, -0.25) is 4.79 Å². The summed E-state index contributed by atoms with van der Waals surface area (Å²) in [5.74, 6) is 1.17. The Kier molecular flexibility index (Phi) is 5.39. The van der Waals surface area contributed by atoms with E-state index in [1.54, 1.807) is 6.07 Å². The highest BCUT2D eigenvalue weighted by Gasteiger charge is 2.14. The van der Waals surface area contributed by atoms with Gasteiger partial charge in [-0.1, -0.05) is 39.0 Å². The van der Waals surface area contributed by atoms with Crippen LogP contribution in [0.1, 0.15) is 61.5 Å². The molecule has 1 aromatic heterocycles. The van der Waals surface area contributed by atoms with Crippen LogP contribution in [0.4, 0.5) is 5.82 Å². The molecule has 2 rings (SSSR count). The van der Waals surface area contributed by atoms with Crippen molar-refractivity contribution >= 4 is 11.7 Å². The zero-order chi connectivity index (χ0) is 14.4. The highest BCUT2D eigenvalue weighted by Crippen LogP contribution is 2.25. The highest BCUT2D eigenvalue weighted by molar-refractivity contribution is 5.94. The van der Waals surface area contributed by atoms with Crippen LogP contribution >= 0.6 is 0 Å². The van der Waals surface area contributed by atoms with Gasteiger partial charge in [0.25, 0.3) is 5.91 Å². The van der Waals surface area contributed by atoms with Crippen LogP contribution in [0, 0.1) is 5.92 Å². The van der Waals surface area contributed by atoms with E-state index in [4.69, 9.17) is 5.73 Å². The number of amides is 1. The van der Waals surface area contributed by atoms with E-state index in [-0.39, 0.29) is 5.91 Å². The van der Waals surface area contributed by atoms with Crippen molar-refractivity contribution in [3.8, 4) is 0 Å². The number of rotatable bonds is 5. The summed E-state index contributed by atoms with van der Waals surface area (Å²) >= 11 is 0. The molecule has 1 fully saturated rings. The summed E-state index contributed by atoms with van der Waals surface area (Å²) in [6.45, 7) is 2.76. The number of pyridine rings is 1. The Labute approximate surface area is 121 Å². The molecule has 20 heavy (non-hydrogen) atoms. The Morgan fingerprint density at radius 2 is 2.10 bits per heavy atom. The molecule has 0 unspecified atom stereocenters. The van der Waals surface area contributed by atoms with Crippen molar-refractivity contribution in [2.75, 3.05) is 12.3 Å². The van der Waals surface area contributed by atoms with Crippen molar-refractivity contribution in [2.24, 2.45) is 5.92 Å². The van der Waals surface area contributed by atoms with Crippen molar-refractivity contribution in [2.45, 2.75) is 51.9 Å². The van der Waals surface area contributed by atoms with Gasteiger partial charge in [0.05, 0.1) is 0 Å². The second-order valence-electron chi connectivity index (χ2n) is 5.67. The number of nitrogen functional groups attached to an aromatic ring is 1. The lowest BCUT2D eigenvalue weighted by atomic mass is 9.87. The summed E-state index contributed by atoms with van der Waals surface area (Å²) < 4.78 is 0. The average Bonchev–Trinajstić information content (AvgIpc) is 2.47. The van der Waals surface area contributed by atoms with E-state index in [2.05, 4.69) is 10.3 Å². The van der Waals surface area contributed by atoms with Crippen LogP contribution in [0.5, 0.6) is 0 Å². The van der Waals surface area contributed by atoms with Crippen molar-refractivity contribution in [3.63, 3.8) is 0 Å². The minimum Gasteiger partial charge on any atom is -0.384 e. The van der Waals surface area contributed by atoms with Gasteiger partial charge in [-0.25, -0.2) is 4.98 Å². The van der Waals surface area contributed by atoms with Crippen LogP contribution in [-0.2, 0) is 6.42 Å². The van der Waals surface area contributed by atoms with Crippen LogP contribution < -0.4 is 11.1 Å². The van der Waals surface area contributed by atoms with E-state index < -0.39 is 0 Å². The van der Waals surface area contributed by atoms with E-state index in [9.17, 15) is 4.79 Å². The zero-order valence-corrected chi connectivity index (χ0v) is 12.3. The van der Waals surface area contributed by atoms with Gasteiger partial charge in [0.2, 0.25) is 0 Å². The summed E-state index contributed by atoms with van der Waals surface area (Å²) in [5.41, 5.74) is 7.21. The van der Waals surface area contributed by atoms with Crippen LogP contribution in [0.2, 0.25) is 0 Å². The van der Waals surface area contributed by atoms with E-state index in [0.29, 0.717) is 11.4 Å². The summed E-state index contributed by atoms with van der Waals surface area (Å²) in [6.07, 6.45) is 8.58. The van der Waals surface area contributed by atoms with Gasteiger partial charge in [-0.05, 0) is 30.9 Å². The van der Waals surface area contributed by atoms with E-state index in [0.717, 1.165) is 31.0 Å². The van der Waals surface area contributed by atoms with Crippen LogP contribution in [0.3, 0.4) is 0 Å². The molecule has 0 spiro atoms. The fraction of sp³-hybridized carbons (Fsp3) is 0.625. The third-order valence-corrected chi connectivity index (χ3v) is 4.09. The van der Waals surface area contributed by atoms with Gasteiger partial charge < -0.3 is 11.1 Å². The summed E-state index contributed by atoms with van der Waals surface area (Å²) in [6, 6.07) is 3.47. The van der Waals surface area contributed by atoms with Gasteiger partial charge in [0, 0.05) is 17.8 Å². The van der Waals surface area contributed by atoms with Gasteiger partial charge in [0.1, 0.15) is 5.82 Å². The lowest BCUT2D eigenvalue weighted by Crippen LogP contribution is -2.26.